The number of para-hydroxylation sites is 1. The molecule has 132 valence electrons. The average molecular weight is 340 g/mol. The van der Waals surface area contributed by atoms with Crippen LogP contribution in [0.3, 0.4) is 0 Å². The summed E-state index contributed by atoms with van der Waals surface area (Å²) in [6.07, 6.45) is 1.68. The first-order chi connectivity index (χ1) is 12.1. The van der Waals surface area contributed by atoms with Gasteiger partial charge in [0.1, 0.15) is 11.4 Å². The maximum atomic E-state index is 12.9. The van der Waals surface area contributed by atoms with Gasteiger partial charge in [0.25, 0.3) is 5.91 Å². The van der Waals surface area contributed by atoms with Crippen LogP contribution in [0, 0.1) is 0 Å². The van der Waals surface area contributed by atoms with E-state index in [1.807, 2.05) is 60.3 Å². The van der Waals surface area contributed by atoms with Crippen molar-refractivity contribution in [3.63, 3.8) is 0 Å². The first kappa shape index (κ1) is 17.2. The molecule has 1 aromatic heterocycles. The zero-order valence-corrected chi connectivity index (χ0v) is 14.9. The normalized spacial score (nSPS) is 17.2. The summed E-state index contributed by atoms with van der Waals surface area (Å²) in [5.41, 5.74) is 2.51. The number of ether oxygens (including phenoxy) is 1. The Labute approximate surface area is 148 Å². The number of amides is 1. The molecule has 0 spiro atoms. The van der Waals surface area contributed by atoms with Gasteiger partial charge < -0.3 is 19.9 Å². The van der Waals surface area contributed by atoms with Crippen molar-refractivity contribution in [2.24, 2.45) is 0 Å². The molecule has 2 heterocycles. The number of hydrogen-bond acceptors (Lipinski definition) is 5. The van der Waals surface area contributed by atoms with E-state index in [1.165, 1.54) is 0 Å². The maximum Gasteiger partial charge on any atom is 0.272 e. The van der Waals surface area contributed by atoms with Crippen molar-refractivity contribution in [1.82, 2.24) is 15.2 Å². The predicted octanol–water partition coefficient (Wildman–Crippen LogP) is 1.94. The Hall–Kier alpha value is -2.60. The highest BCUT2D eigenvalue weighted by Crippen LogP contribution is 2.27. The van der Waals surface area contributed by atoms with Gasteiger partial charge in [-0.2, -0.15) is 0 Å². The summed E-state index contributed by atoms with van der Waals surface area (Å²) in [7, 11) is 5.57. The van der Waals surface area contributed by atoms with Crippen LogP contribution in [-0.2, 0) is 0 Å². The predicted molar refractivity (Wildman–Crippen MR) is 98.2 cm³/mol. The Bertz CT molecular complexity index is 748. The minimum absolute atomic E-state index is 0.0369. The van der Waals surface area contributed by atoms with Crippen molar-refractivity contribution < 1.29 is 9.53 Å². The number of carbonyl (C=O) groups excluding carboxylic acids is 1. The molecule has 6 heteroatoms. The Morgan fingerprint density at radius 2 is 2.12 bits per heavy atom. The standard InChI is InChI=1S/C19H24N4O2/c1-22(2)14-8-9-20-16(12-14)19(24)23-11-10-21-17(13-23)15-6-4-5-7-18(15)25-3/h4-9,12,17,21H,10-11,13H2,1-3H3. The van der Waals surface area contributed by atoms with Crippen molar-refractivity contribution in [2.45, 2.75) is 6.04 Å². The third-order valence-electron chi connectivity index (χ3n) is 4.46. The monoisotopic (exact) mass is 340 g/mol. The summed E-state index contributed by atoms with van der Waals surface area (Å²) in [6.45, 7) is 1.99. The third-order valence-corrected chi connectivity index (χ3v) is 4.46. The molecule has 1 N–H and O–H groups in total. The van der Waals surface area contributed by atoms with Gasteiger partial charge in [-0.1, -0.05) is 18.2 Å². The second-order valence-corrected chi connectivity index (χ2v) is 6.29. The molecule has 1 aliphatic heterocycles. The number of pyridine rings is 1. The SMILES string of the molecule is COc1ccccc1C1CN(C(=O)c2cc(N(C)C)ccn2)CCN1. The second-order valence-electron chi connectivity index (χ2n) is 6.29. The summed E-state index contributed by atoms with van der Waals surface area (Å²) < 4.78 is 5.46. The molecule has 3 rings (SSSR count). The molecule has 25 heavy (non-hydrogen) atoms. The third kappa shape index (κ3) is 3.74. The van der Waals surface area contributed by atoms with Crippen molar-refractivity contribution in [2.75, 3.05) is 45.7 Å². The molecule has 1 unspecified atom stereocenters. The van der Waals surface area contributed by atoms with E-state index in [-0.39, 0.29) is 11.9 Å². The molecule has 2 aromatic rings. The summed E-state index contributed by atoms with van der Waals surface area (Å²) >= 11 is 0. The van der Waals surface area contributed by atoms with E-state index in [4.69, 9.17) is 4.74 Å². The van der Waals surface area contributed by atoms with Crippen LogP contribution in [0.4, 0.5) is 5.69 Å². The summed E-state index contributed by atoms with van der Waals surface area (Å²) in [4.78, 5) is 21.0. The lowest BCUT2D eigenvalue weighted by molar-refractivity contribution is 0.0696. The number of carbonyl (C=O) groups is 1. The number of nitrogens with one attached hydrogen (secondary N) is 1. The lowest BCUT2D eigenvalue weighted by atomic mass is 10.0. The fourth-order valence-corrected chi connectivity index (χ4v) is 3.07. The number of piperazine rings is 1. The van der Waals surface area contributed by atoms with Gasteiger partial charge in [0.2, 0.25) is 0 Å². The lowest BCUT2D eigenvalue weighted by Crippen LogP contribution is -2.48. The topological polar surface area (TPSA) is 57.7 Å². The van der Waals surface area contributed by atoms with Gasteiger partial charge in [-0.3, -0.25) is 9.78 Å². The number of methoxy groups -OCH3 is 1. The molecular weight excluding hydrogens is 316 g/mol. The molecule has 1 saturated heterocycles. The van der Waals surface area contributed by atoms with Crippen LogP contribution in [0.15, 0.2) is 42.6 Å². The molecular formula is C19H24N4O2. The Balaban J connectivity index is 1.79. The van der Waals surface area contributed by atoms with E-state index >= 15 is 0 Å². The molecule has 1 aromatic carbocycles. The van der Waals surface area contributed by atoms with Crippen LogP contribution in [0.1, 0.15) is 22.1 Å². The van der Waals surface area contributed by atoms with Gasteiger partial charge in [-0.15, -0.1) is 0 Å². The van der Waals surface area contributed by atoms with E-state index in [1.54, 1.807) is 13.3 Å². The number of rotatable bonds is 4. The van der Waals surface area contributed by atoms with Gasteiger partial charge in [-0.05, 0) is 18.2 Å². The van der Waals surface area contributed by atoms with Crippen molar-refractivity contribution in [1.29, 1.82) is 0 Å². The number of aromatic nitrogens is 1. The van der Waals surface area contributed by atoms with E-state index in [0.29, 0.717) is 18.8 Å². The van der Waals surface area contributed by atoms with E-state index in [9.17, 15) is 4.79 Å². The summed E-state index contributed by atoms with van der Waals surface area (Å²) in [5.74, 6) is 0.798. The van der Waals surface area contributed by atoms with Gasteiger partial charge in [0.05, 0.1) is 13.2 Å². The number of anilines is 1. The first-order valence-corrected chi connectivity index (χ1v) is 8.39. The highest BCUT2D eigenvalue weighted by Gasteiger charge is 2.27. The number of nitrogens with zero attached hydrogens (tertiary/aromatic N) is 3. The molecule has 0 saturated carbocycles. The molecule has 1 aliphatic rings. The highest BCUT2D eigenvalue weighted by molar-refractivity contribution is 5.93. The van der Waals surface area contributed by atoms with Gasteiger partial charge in [0, 0.05) is 51.2 Å². The van der Waals surface area contributed by atoms with Gasteiger partial charge in [-0.25, -0.2) is 0 Å². The van der Waals surface area contributed by atoms with Crippen molar-refractivity contribution >= 4 is 11.6 Å². The lowest BCUT2D eigenvalue weighted by Gasteiger charge is -2.34. The summed E-state index contributed by atoms with van der Waals surface area (Å²) in [6, 6.07) is 11.7. The van der Waals surface area contributed by atoms with Crippen LogP contribution in [0.5, 0.6) is 5.75 Å². The van der Waals surface area contributed by atoms with Crippen molar-refractivity contribution in [3.05, 3.63) is 53.9 Å². The molecule has 0 bridgehead atoms. The van der Waals surface area contributed by atoms with E-state index in [2.05, 4.69) is 10.3 Å². The zero-order valence-electron chi connectivity index (χ0n) is 14.9. The van der Waals surface area contributed by atoms with E-state index < -0.39 is 0 Å². The fraction of sp³-hybridized carbons (Fsp3) is 0.368. The minimum atomic E-state index is -0.0369. The molecule has 1 fully saturated rings. The average Bonchev–Trinajstić information content (AvgIpc) is 2.67. The van der Waals surface area contributed by atoms with Crippen LogP contribution in [-0.4, -0.2) is 56.6 Å². The van der Waals surface area contributed by atoms with Crippen LogP contribution in [0.25, 0.3) is 0 Å². The quantitative estimate of drug-likeness (QED) is 0.922. The van der Waals surface area contributed by atoms with Crippen LogP contribution < -0.4 is 15.0 Å². The van der Waals surface area contributed by atoms with Gasteiger partial charge in [0.15, 0.2) is 0 Å². The van der Waals surface area contributed by atoms with Crippen molar-refractivity contribution in [3.8, 4) is 5.75 Å². The Morgan fingerprint density at radius 1 is 1.32 bits per heavy atom. The van der Waals surface area contributed by atoms with Crippen LogP contribution in [0.2, 0.25) is 0 Å². The molecule has 6 nitrogen and oxygen atoms in total. The molecule has 1 amide bonds. The Morgan fingerprint density at radius 3 is 2.88 bits per heavy atom. The minimum Gasteiger partial charge on any atom is -0.496 e. The highest BCUT2D eigenvalue weighted by atomic mass is 16.5. The zero-order chi connectivity index (χ0) is 17.8. The smallest absolute Gasteiger partial charge is 0.272 e. The number of hydrogen-bond donors (Lipinski definition) is 1. The maximum absolute atomic E-state index is 12.9. The Kier molecular flexibility index (Phi) is 5.19. The summed E-state index contributed by atoms with van der Waals surface area (Å²) in [5, 5.41) is 3.47. The second kappa shape index (κ2) is 7.53. The molecule has 0 radical (unpaired) electrons. The fourth-order valence-electron chi connectivity index (χ4n) is 3.07. The van der Waals surface area contributed by atoms with Crippen LogP contribution >= 0.6 is 0 Å². The van der Waals surface area contributed by atoms with Gasteiger partial charge >= 0.3 is 0 Å². The molecule has 1 atom stereocenters. The largest absolute Gasteiger partial charge is 0.496 e. The first-order valence-electron chi connectivity index (χ1n) is 8.39. The molecule has 0 aliphatic carbocycles. The number of benzene rings is 1. The van der Waals surface area contributed by atoms with E-state index in [0.717, 1.165) is 23.5 Å².